The fourth-order valence-corrected chi connectivity index (χ4v) is 1.56. The van der Waals surface area contributed by atoms with Crippen molar-refractivity contribution in [3.63, 3.8) is 0 Å². The minimum Gasteiger partial charge on any atom is -0.146 e. The Morgan fingerprint density at radius 3 is 1.45 bits per heavy atom. The van der Waals surface area contributed by atoms with Crippen molar-refractivity contribution in [3.8, 4) is 0 Å². The zero-order chi connectivity index (χ0) is 7.94. The molecule has 1 heterocycles. The third-order valence-corrected chi connectivity index (χ3v) is 2.30. The molecule has 0 spiro atoms. The summed E-state index contributed by atoms with van der Waals surface area (Å²) in [6.07, 6.45) is 8.45. The highest BCUT2D eigenvalue weighted by atomic mass is 19.2. The predicted octanol–water partition coefficient (Wildman–Crippen LogP) is 2.92. The first kappa shape index (κ1) is 8.98. The third kappa shape index (κ3) is 4.35. The SMILES string of the molecule is FN1CCCCCCCCC1. The molecule has 0 aromatic heterocycles. The molecular formula is C9H18FN. The summed E-state index contributed by atoms with van der Waals surface area (Å²) in [5.41, 5.74) is 0. The second-order valence-electron chi connectivity index (χ2n) is 3.38. The zero-order valence-corrected chi connectivity index (χ0v) is 7.19. The van der Waals surface area contributed by atoms with Crippen molar-refractivity contribution in [2.75, 3.05) is 13.1 Å². The molecule has 0 amide bonds. The van der Waals surface area contributed by atoms with Crippen molar-refractivity contribution < 1.29 is 4.48 Å². The quantitative estimate of drug-likeness (QED) is 0.491. The molecule has 1 saturated heterocycles. The maximum atomic E-state index is 12.8. The van der Waals surface area contributed by atoms with E-state index in [4.69, 9.17) is 0 Å². The molecule has 0 aromatic carbocycles. The maximum Gasteiger partial charge on any atom is 0.0290 e. The van der Waals surface area contributed by atoms with Crippen molar-refractivity contribution in [2.24, 2.45) is 0 Å². The van der Waals surface area contributed by atoms with Crippen LogP contribution in [0.25, 0.3) is 0 Å². The molecule has 1 nitrogen and oxygen atoms in total. The summed E-state index contributed by atoms with van der Waals surface area (Å²) in [7, 11) is 0. The van der Waals surface area contributed by atoms with Crippen LogP contribution in [0.2, 0.25) is 0 Å². The first-order valence-corrected chi connectivity index (χ1v) is 4.80. The summed E-state index contributed by atoms with van der Waals surface area (Å²) in [6.45, 7) is 1.31. The smallest absolute Gasteiger partial charge is 0.0290 e. The molecule has 0 radical (unpaired) electrons. The first-order valence-electron chi connectivity index (χ1n) is 4.80. The van der Waals surface area contributed by atoms with Gasteiger partial charge in [-0.2, -0.15) is 0 Å². The Bertz CT molecular complexity index is 85.6. The van der Waals surface area contributed by atoms with Crippen LogP contribution in [0.1, 0.15) is 44.9 Å². The van der Waals surface area contributed by atoms with Crippen molar-refractivity contribution in [1.82, 2.24) is 5.12 Å². The minimum atomic E-state index is 0.653. The summed E-state index contributed by atoms with van der Waals surface area (Å²) in [5, 5.41) is 0.978. The number of rotatable bonds is 0. The maximum absolute atomic E-state index is 12.8. The van der Waals surface area contributed by atoms with Crippen LogP contribution in [0.15, 0.2) is 0 Å². The average Bonchev–Trinajstić information content (AvgIpc) is 2.03. The Balaban J connectivity index is 2.12. The first-order chi connectivity index (χ1) is 5.39. The molecule has 11 heavy (non-hydrogen) atoms. The summed E-state index contributed by atoms with van der Waals surface area (Å²) in [6, 6.07) is 0. The second kappa shape index (κ2) is 5.53. The Kier molecular flexibility index (Phi) is 4.51. The van der Waals surface area contributed by atoms with Gasteiger partial charge in [-0.1, -0.05) is 32.1 Å². The van der Waals surface area contributed by atoms with E-state index in [-0.39, 0.29) is 0 Å². The van der Waals surface area contributed by atoms with Crippen LogP contribution in [0.5, 0.6) is 0 Å². The monoisotopic (exact) mass is 159 g/mol. The van der Waals surface area contributed by atoms with Gasteiger partial charge in [-0.15, -0.1) is 9.60 Å². The van der Waals surface area contributed by atoms with Crippen LogP contribution in [0, 0.1) is 0 Å². The summed E-state index contributed by atoms with van der Waals surface area (Å²) in [4.78, 5) is 0. The normalized spacial score (nSPS) is 24.8. The van der Waals surface area contributed by atoms with Gasteiger partial charge in [-0.25, -0.2) is 0 Å². The molecule has 1 fully saturated rings. The largest absolute Gasteiger partial charge is 0.146 e. The number of nitrogens with zero attached hydrogens (tertiary/aromatic N) is 1. The molecule has 1 rings (SSSR count). The third-order valence-electron chi connectivity index (χ3n) is 2.30. The van der Waals surface area contributed by atoms with Crippen molar-refractivity contribution in [2.45, 2.75) is 44.9 Å². The van der Waals surface area contributed by atoms with Gasteiger partial charge in [-0.3, -0.25) is 0 Å². The van der Waals surface area contributed by atoms with Gasteiger partial charge in [0.25, 0.3) is 0 Å². The molecule has 0 N–H and O–H groups in total. The standard InChI is InChI=1S/C9H18FN/c10-11-8-6-4-2-1-3-5-7-9-11/h1-9H2. The second-order valence-corrected chi connectivity index (χ2v) is 3.38. The number of hydrogen-bond acceptors (Lipinski definition) is 1. The lowest BCUT2D eigenvalue weighted by Crippen LogP contribution is -2.16. The van der Waals surface area contributed by atoms with Gasteiger partial charge in [-0.05, 0) is 12.8 Å². The van der Waals surface area contributed by atoms with E-state index < -0.39 is 0 Å². The van der Waals surface area contributed by atoms with E-state index in [9.17, 15) is 4.48 Å². The van der Waals surface area contributed by atoms with Crippen LogP contribution in [0.3, 0.4) is 0 Å². The lowest BCUT2D eigenvalue weighted by Gasteiger charge is -2.13. The Morgan fingerprint density at radius 1 is 0.636 bits per heavy atom. The molecule has 1 aliphatic heterocycles. The van der Waals surface area contributed by atoms with Crippen LogP contribution in [-0.4, -0.2) is 18.2 Å². The molecular weight excluding hydrogens is 141 g/mol. The van der Waals surface area contributed by atoms with Crippen molar-refractivity contribution in [3.05, 3.63) is 0 Å². The van der Waals surface area contributed by atoms with E-state index >= 15 is 0 Å². The van der Waals surface area contributed by atoms with E-state index in [1.165, 1.54) is 32.1 Å². The van der Waals surface area contributed by atoms with Crippen LogP contribution < -0.4 is 0 Å². The Hall–Kier alpha value is -0.110. The van der Waals surface area contributed by atoms with E-state index in [1.807, 2.05) is 0 Å². The highest BCUT2D eigenvalue weighted by molar-refractivity contribution is 4.53. The summed E-state index contributed by atoms with van der Waals surface area (Å²) >= 11 is 0. The number of halogens is 1. The van der Waals surface area contributed by atoms with Gasteiger partial charge in [0, 0.05) is 13.1 Å². The van der Waals surface area contributed by atoms with Gasteiger partial charge in [0.05, 0.1) is 0 Å². The lowest BCUT2D eigenvalue weighted by molar-refractivity contribution is 0.0206. The van der Waals surface area contributed by atoms with Gasteiger partial charge in [0.2, 0.25) is 0 Å². The van der Waals surface area contributed by atoms with Gasteiger partial charge in [0.1, 0.15) is 0 Å². The Morgan fingerprint density at radius 2 is 1.00 bits per heavy atom. The Labute approximate surface area is 68.5 Å². The van der Waals surface area contributed by atoms with E-state index in [0.29, 0.717) is 13.1 Å². The molecule has 0 unspecified atom stereocenters. The van der Waals surface area contributed by atoms with E-state index in [2.05, 4.69) is 0 Å². The fourth-order valence-electron chi connectivity index (χ4n) is 1.56. The van der Waals surface area contributed by atoms with E-state index in [1.54, 1.807) is 0 Å². The molecule has 2 heteroatoms. The highest BCUT2D eigenvalue weighted by Gasteiger charge is 2.03. The molecule has 1 aliphatic rings. The van der Waals surface area contributed by atoms with Crippen molar-refractivity contribution >= 4 is 0 Å². The number of hydrogen-bond donors (Lipinski definition) is 0. The van der Waals surface area contributed by atoms with Crippen LogP contribution in [-0.2, 0) is 0 Å². The summed E-state index contributed by atoms with van der Waals surface area (Å²) < 4.78 is 12.8. The van der Waals surface area contributed by atoms with Gasteiger partial charge >= 0.3 is 0 Å². The molecule has 0 aromatic rings. The topological polar surface area (TPSA) is 3.24 Å². The fraction of sp³-hybridized carbons (Fsp3) is 1.00. The zero-order valence-electron chi connectivity index (χ0n) is 7.19. The molecule has 0 saturated carbocycles. The van der Waals surface area contributed by atoms with Crippen LogP contribution >= 0.6 is 0 Å². The van der Waals surface area contributed by atoms with Crippen molar-refractivity contribution in [1.29, 1.82) is 0 Å². The minimum absolute atomic E-state index is 0.653. The summed E-state index contributed by atoms with van der Waals surface area (Å²) in [5.74, 6) is 0. The predicted molar refractivity (Wildman–Crippen MR) is 45.0 cm³/mol. The highest BCUT2D eigenvalue weighted by Crippen LogP contribution is 2.11. The average molecular weight is 159 g/mol. The molecule has 0 bridgehead atoms. The van der Waals surface area contributed by atoms with Gasteiger partial charge in [0.15, 0.2) is 0 Å². The van der Waals surface area contributed by atoms with Gasteiger partial charge < -0.3 is 0 Å². The lowest BCUT2D eigenvalue weighted by atomic mass is 10.1. The molecule has 0 atom stereocenters. The van der Waals surface area contributed by atoms with Crippen LogP contribution in [0.4, 0.5) is 4.48 Å². The molecule has 66 valence electrons. The van der Waals surface area contributed by atoms with E-state index in [0.717, 1.165) is 18.0 Å². The molecule has 0 aliphatic carbocycles.